The number of hydrogen-bond donors (Lipinski definition) is 1. The maximum absolute atomic E-state index is 5.98. The summed E-state index contributed by atoms with van der Waals surface area (Å²) in [5.74, 6) is 0.900. The number of nitrogens with two attached hydrogens (primary N) is 1. The van der Waals surface area contributed by atoms with Crippen molar-refractivity contribution < 1.29 is 9.47 Å². The van der Waals surface area contributed by atoms with Crippen molar-refractivity contribution in [3.63, 3.8) is 0 Å². The lowest BCUT2D eigenvalue weighted by atomic mass is 10.0. The van der Waals surface area contributed by atoms with Crippen LogP contribution in [0.3, 0.4) is 0 Å². The predicted octanol–water partition coefficient (Wildman–Crippen LogP) is 3.68. The van der Waals surface area contributed by atoms with Gasteiger partial charge in [-0.2, -0.15) is 0 Å². The molecule has 0 spiro atoms. The van der Waals surface area contributed by atoms with Crippen molar-refractivity contribution in [1.29, 1.82) is 0 Å². The minimum Gasteiger partial charge on any atom is -0.492 e. The number of hydrogen-bond acceptors (Lipinski definition) is 3. The summed E-state index contributed by atoms with van der Waals surface area (Å²) in [6, 6.07) is 6.46. The normalized spacial score (nSPS) is 20.1. The van der Waals surface area contributed by atoms with Crippen LogP contribution >= 0.6 is 15.9 Å². The van der Waals surface area contributed by atoms with E-state index < -0.39 is 0 Å². The average molecular weight is 342 g/mol. The van der Waals surface area contributed by atoms with E-state index in [1.807, 2.05) is 6.07 Å². The molecule has 1 fully saturated rings. The summed E-state index contributed by atoms with van der Waals surface area (Å²) >= 11 is 3.58. The van der Waals surface area contributed by atoms with Crippen LogP contribution in [-0.2, 0) is 11.2 Å². The van der Waals surface area contributed by atoms with E-state index in [4.69, 9.17) is 15.2 Å². The van der Waals surface area contributed by atoms with Crippen LogP contribution in [-0.4, -0.2) is 25.4 Å². The van der Waals surface area contributed by atoms with Gasteiger partial charge in [-0.25, -0.2) is 0 Å². The van der Waals surface area contributed by atoms with Crippen LogP contribution in [0.25, 0.3) is 0 Å². The summed E-state index contributed by atoms with van der Waals surface area (Å²) in [5, 5.41) is 0. The van der Waals surface area contributed by atoms with Gasteiger partial charge in [-0.15, -0.1) is 0 Å². The molecule has 3 nitrogen and oxygen atoms in total. The highest BCUT2D eigenvalue weighted by molar-refractivity contribution is 9.10. The average Bonchev–Trinajstić information content (AvgIpc) is 2.94. The molecule has 1 aromatic rings. The Morgan fingerprint density at radius 2 is 2.35 bits per heavy atom. The van der Waals surface area contributed by atoms with E-state index in [0.29, 0.717) is 12.7 Å². The monoisotopic (exact) mass is 341 g/mol. The van der Waals surface area contributed by atoms with Crippen molar-refractivity contribution in [2.45, 2.75) is 51.2 Å². The highest BCUT2D eigenvalue weighted by atomic mass is 79.9. The molecule has 1 heterocycles. The van der Waals surface area contributed by atoms with Crippen LogP contribution in [0.5, 0.6) is 5.75 Å². The van der Waals surface area contributed by atoms with Crippen molar-refractivity contribution in [2.24, 2.45) is 5.73 Å². The van der Waals surface area contributed by atoms with E-state index in [1.54, 1.807) is 0 Å². The van der Waals surface area contributed by atoms with Crippen molar-refractivity contribution in [2.75, 3.05) is 13.2 Å². The van der Waals surface area contributed by atoms with Gasteiger partial charge in [0, 0.05) is 19.1 Å². The van der Waals surface area contributed by atoms with Crippen LogP contribution in [0.15, 0.2) is 22.7 Å². The molecule has 0 radical (unpaired) electrons. The number of halogens is 1. The molecule has 4 heteroatoms. The zero-order valence-electron chi connectivity index (χ0n) is 12.1. The first-order valence-corrected chi connectivity index (χ1v) is 8.26. The van der Waals surface area contributed by atoms with E-state index in [1.165, 1.54) is 18.4 Å². The molecular formula is C16H24BrNO2. The lowest BCUT2D eigenvalue weighted by molar-refractivity contribution is 0.0902. The summed E-state index contributed by atoms with van der Waals surface area (Å²) in [6.45, 7) is 3.72. The lowest BCUT2D eigenvalue weighted by Gasteiger charge is -2.13. The molecule has 1 aliphatic heterocycles. The van der Waals surface area contributed by atoms with Gasteiger partial charge in [-0.1, -0.05) is 13.0 Å². The van der Waals surface area contributed by atoms with Crippen molar-refractivity contribution in [3.05, 3.63) is 28.2 Å². The Morgan fingerprint density at radius 1 is 1.50 bits per heavy atom. The SMILES string of the molecule is CCC(N)Cc1ccc(OCCC2CCCO2)c(Br)c1. The largest absolute Gasteiger partial charge is 0.492 e. The molecule has 0 aromatic heterocycles. The van der Waals surface area contributed by atoms with Crippen LogP contribution in [0, 0.1) is 0 Å². The van der Waals surface area contributed by atoms with Gasteiger partial charge in [0.05, 0.1) is 17.2 Å². The first kappa shape index (κ1) is 15.8. The van der Waals surface area contributed by atoms with Gasteiger partial charge in [-0.3, -0.25) is 0 Å². The maximum atomic E-state index is 5.98. The lowest BCUT2D eigenvalue weighted by Crippen LogP contribution is -2.21. The van der Waals surface area contributed by atoms with Gasteiger partial charge in [0.1, 0.15) is 5.75 Å². The first-order valence-electron chi connectivity index (χ1n) is 7.47. The van der Waals surface area contributed by atoms with Crippen LogP contribution in [0.1, 0.15) is 38.2 Å². The summed E-state index contributed by atoms with van der Waals surface area (Å²) < 4.78 is 12.4. The second-order valence-corrected chi connectivity index (χ2v) is 6.26. The molecule has 1 aromatic carbocycles. The Bertz CT molecular complexity index is 419. The van der Waals surface area contributed by atoms with Crippen LogP contribution < -0.4 is 10.5 Å². The number of ether oxygens (including phenoxy) is 2. The third-order valence-corrected chi connectivity index (χ3v) is 4.36. The maximum Gasteiger partial charge on any atom is 0.133 e. The highest BCUT2D eigenvalue weighted by Gasteiger charge is 2.15. The third-order valence-electron chi connectivity index (χ3n) is 3.74. The third kappa shape index (κ3) is 4.76. The van der Waals surface area contributed by atoms with Gasteiger partial charge in [0.15, 0.2) is 0 Å². The van der Waals surface area contributed by atoms with E-state index in [2.05, 4.69) is 35.0 Å². The first-order chi connectivity index (χ1) is 9.69. The number of benzene rings is 1. The standard InChI is InChI=1S/C16H24BrNO2/c1-2-13(18)10-12-5-6-16(15(17)11-12)20-9-7-14-4-3-8-19-14/h5-6,11,13-14H,2-4,7-10,18H2,1H3. The van der Waals surface area contributed by atoms with Gasteiger partial charge < -0.3 is 15.2 Å². The smallest absolute Gasteiger partial charge is 0.133 e. The molecule has 112 valence electrons. The van der Waals surface area contributed by atoms with Gasteiger partial charge >= 0.3 is 0 Å². The summed E-state index contributed by atoms with van der Waals surface area (Å²) in [5.41, 5.74) is 7.23. The quantitative estimate of drug-likeness (QED) is 0.822. The highest BCUT2D eigenvalue weighted by Crippen LogP contribution is 2.27. The topological polar surface area (TPSA) is 44.5 Å². The second-order valence-electron chi connectivity index (χ2n) is 5.41. The fourth-order valence-electron chi connectivity index (χ4n) is 2.41. The Hall–Kier alpha value is -0.580. The summed E-state index contributed by atoms with van der Waals surface area (Å²) in [6.07, 6.45) is 5.60. The number of rotatable bonds is 7. The second kappa shape index (κ2) is 8.01. The van der Waals surface area contributed by atoms with Gasteiger partial charge in [0.25, 0.3) is 0 Å². The van der Waals surface area contributed by atoms with Crippen molar-refractivity contribution >= 4 is 15.9 Å². The Balaban J connectivity index is 1.82. The molecule has 0 amide bonds. The summed E-state index contributed by atoms with van der Waals surface area (Å²) in [7, 11) is 0. The zero-order valence-corrected chi connectivity index (χ0v) is 13.7. The van der Waals surface area contributed by atoms with E-state index in [9.17, 15) is 0 Å². The Labute approximate surface area is 130 Å². The van der Waals surface area contributed by atoms with Gasteiger partial charge in [0.2, 0.25) is 0 Å². The van der Waals surface area contributed by atoms with Crippen LogP contribution in [0.2, 0.25) is 0 Å². The van der Waals surface area contributed by atoms with Crippen molar-refractivity contribution in [1.82, 2.24) is 0 Å². The molecule has 20 heavy (non-hydrogen) atoms. The summed E-state index contributed by atoms with van der Waals surface area (Å²) in [4.78, 5) is 0. The molecule has 0 aliphatic carbocycles. The molecule has 0 saturated carbocycles. The Morgan fingerprint density at radius 3 is 3.00 bits per heavy atom. The fourth-order valence-corrected chi connectivity index (χ4v) is 2.95. The minimum atomic E-state index is 0.230. The molecule has 1 aliphatic rings. The van der Waals surface area contributed by atoms with Crippen molar-refractivity contribution in [3.8, 4) is 5.75 Å². The van der Waals surface area contributed by atoms with E-state index in [0.717, 1.165) is 36.1 Å². The molecule has 2 unspecified atom stereocenters. The van der Waals surface area contributed by atoms with E-state index >= 15 is 0 Å². The zero-order chi connectivity index (χ0) is 14.4. The van der Waals surface area contributed by atoms with E-state index in [-0.39, 0.29) is 6.04 Å². The van der Waals surface area contributed by atoms with Crippen LogP contribution in [0.4, 0.5) is 0 Å². The molecule has 0 bridgehead atoms. The fraction of sp³-hybridized carbons (Fsp3) is 0.625. The molecule has 1 saturated heterocycles. The molecule has 2 atom stereocenters. The molecule has 2 N–H and O–H groups in total. The van der Waals surface area contributed by atoms with Gasteiger partial charge in [-0.05, 0) is 59.3 Å². The minimum absolute atomic E-state index is 0.230. The molecular weight excluding hydrogens is 318 g/mol. The Kier molecular flexibility index (Phi) is 6.33. The predicted molar refractivity (Wildman–Crippen MR) is 85.2 cm³/mol. The molecule has 2 rings (SSSR count).